The lowest BCUT2D eigenvalue weighted by atomic mass is 9.92. The number of benzene rings is 1. The van der Waals surface area contributed by atoms with Gasteiger partial charge >= 0.3 is 0 Å². The van der Waals surface area contributed by atoms with Crippen molar-refractivity contribution >= 4 is 17.3 Å². The van der Waals surface area contributed by atoms with Gasteiger partial charge in [0.15, 0.2) is 6.54 Å². The van der Waals surface area contributed by atoms with Crippen LogP contribution < -0.4 is 15.0 Å². The Kier molecular flexibility index (Phi) is 5.54. The molecule has 1 heterocycles. The Balaban J connectivity index is 2.04. The van der Waals surface area contributed by atoms with Crippen LogP contribution in [0.4, 0.5) is 11.4 Å². The molecule has 1 saturated heterocycles. The van der Waals surface area contributed by atoms with Gasteiger partial charge in [0.05, 0.1) is 30.8 Å². The van der Waals surface area contributed by atoms with Crippen LogP contribution in [-0.4, -0.2) is 37.6 Å². The number of carbonyl (C=O) groups is 1. The largest absolute Gasteiger partial charge is 0.495 e. The third-order valence-electron chi connectivity index (χ3n) is 4.16. The van der Waals surface area contributed by atoms with Gasteiger partial charge in [0.25, 0.3) is 11.6 Å². The number of nitrogens with zero attached hydrogens (tertiary/aromatic N) is 1. The maximum Gasteiger partial charge on any atom is 0.279 e. The first-order chi connectivity index (χ1) is 10.9. The van der Waals surface area contributed by atoms with Gasteiger partial charge in [-0.25, -0.2) is 0 Å². The van der Waals surface area contributed by atoms with Crippen LogP contribution in [0, 0.1) is 22.0 Å². The number of amides is 1. The monoisotopic (exact) mass is 322 g/mol. The molecule has 0 radical (unpaired) electrons. The number of hydrogen-bond acceptors (Lipinski definition) is 4. The van der Waals surface area contributed by atoms with E-state index in [2.05, 4.69) is 19.2 Å². The summed E-state index contributed by atoms with van der Waals surface area (Å²) in [7, 11) is 1.47. The Morgan fingerprint density at radius 3 is 2.61 bits per heavy atom. The van der Waals surface area contributed by atoms with E-state index in [1.165, 1.54) is 36.6 Å². The highest BCUT2D eigenvalue weighted by atomic mass is 16.6. The van der Waals surface area contributed by atoms with Gasteiger partial charge in [0.2, 0.25) is 0 Å². The van der Waals surface area contributed by atoms with Crippen molar-refractivity contribution < 1.29 is 19.4 Å². The number of likely N-dealkylation sites (tertiary alicyclic amines) is 1. The molecule has 23 heavy (non-hydrogen) atoms. The molecule has 2 rings (SSSR count). The van der Waals surface area contributed by atoms with Crippen LogP contribution in [-0.2, 0) is 4.79 Å². The maximum atomic E-state index is 12.3. The zero-order chi connectivity index (χ0) is 17.0. The second-order valence-corrected chi connectivity index (χ2v) is 6.47. The summed E-state index contributed by atoms with van der Waals surface area (Å²) in [4.78, 5) is 23.9. The van der Waals surface area contributed by atoms with Crippen LogP contribution in [0.1, 0.15) is 20.3 Å². The van der Waals surface area contributed by atoms with Gasteiger partial charge in [0, 0.05) is 24.0 Å². The minimum absolute atomic E-state index is 0.0753. The normalized spacial score (nSPS) is 24.0. The molecular formula is C16H24N3O4+. The highest BCUT2D eigenvalue weighted by Gasteiger charge is 2.27. The van der Waals surface area contributed by atoms with Gasteiger partial charge in [0.1, 0.15) is 5.75 Å². The molecular weight excluding hydrogens is 298 g/mol. The number of nitro benzene ring substituents is 1. The van der Waals surface area contributed by atoms with Crippen LogP contribution in [0.5, 0.6) is 5.75 Å². The first-order valence-electron chi connectivity index (χ1n) is 7.85. The Hall–Kier alpha value is -2.15. The summed E-state index contributed by atoms with van der Waals surface area (Å²) >= 11 is 0. The zero-order valence-electron chi connectivity index (χ0n) is 13.8. The third kappa shape index (κ3) is 4.66. The molecule has 1 unspecified atom stereocenters. The van der Waals surface area contributed by atoms with Crippen LogP contribution in [0.25, 0.3) is 0 Å². The lowest BCUT2D eigenvalue weighted by molar-refractivity contribution is -0.904. The number of nitrogens with one attached hydrogen (secondary N) is 2. The van der Waals surface area contributed by atoms with E-state index < -0.39 is 4.92 Å². The van der Waals surface area contributed by atoms with E-state index in [0.717, 1.165) is 13.1 Å². The zero-order valence-corrected chi connectivity index (χ0v) is 13.8. The SMILES string of the molecule is COc1ccc([N+](=O)[O-])cc1NC(=O)C[NH+]1C[C@H](C)C[C@H](C)C1. The molecule has 0 saturated carbocycles. The molecule has 1 aliphatic rings. The molecule has 1 amide bonds. The fraction of sp³-hybridized carbons (Fsp3) is 0.562. The van der Waals surface area contributed by atoms with Crippen molar-refractivity contribution in [2.75, 3.05) is 32.1 Å². The molecule has 0 aromatic heterocycles. The first kappa shape index (κ1) is 17.2. The summed E-state index contributed by atoms with van der Waals surface area (Å²) in [6, 6.07) is 4.17. The Morgan fingerprint density at radius 1 is 1.39 bits per heavy atom. The number of nitro groups is 1. The van der Waals surface area contributed by atoms with Crippen molar-refractivity contribution in [1.82, 2.24) is 0 Å². The third-order valence-corrected chi connectivity index (χ3v) is 4.16. The van der Waals surface area contributed by atoms with Gasteiger partial charge in [-0.1, -0.05) is 13.8 Å². The minimum atomic E-state index is -0.492. The number of carbonyl (C=O) groups excluding carboxylic acids is 1. The summed E-state index contributed by atoms with van der Waals surface area (Å²) in [5, 5.41) is 13.6. The van der Waals surface area contributed by atoms with Gasteiger partial charge in [-0.2, -0.15) is 0 Å². The van der Waals surface area contributed by atoms with Gasteiger partial charge < -0.3 is 15.0 Å². The molecule has 3 atom stereocenters. The van der Waals surface area contributed by atoms with Crippen LogP contribution in [0.15, 0.2) is 18.2 Å². The van der Waals surface area contributed by atoms with E-state index in [0.29, 0.717) is 29.8 Å². The van der Waals surface area contributed by atoms with Crippen LogP contribution >= 0.6 is 0 Å². The number of piperidine rings is 1. The average molecular weight is 322 g/mol. The van der Waals surface area contributed by atoms with E-state index in [-0.39, 0.29) is 11.6 Å². The second-order valence-electron chi connectivity index (χ2n) is 6.47. The number of methoxy groups -OCH3 is 1. The summed E-state index contributed by atoms with van der Waals surface area (Å²) < 4.78 is 5.16. The number of hydrogen-bond donors (Lipinski definition) is 2. The molecule has 7 nitrogen and oxygen atoms in total. The minimum Gasteiger partial charge on any atom is -0.495 e. The second kappa shape index (κ2) is 7.41. The number of quaternary nitrogens is 1. The molecule has 126 valence electrons. The lowest BCUT2D eigenvalue weighted by Gasteiger charge is -2.31. The van der Waals surface area contributed by atoms with Crippen molar-refractivity contribution in [2.24, 2.45) is 11.8 Å². The van der Waals surface area contributed by atoms with E-state index in [1.807, 2.05) is 0 Å². The number of non-ortho nitro benzene ring substituents is 1. The van der Waals surface area contributed by atoms with E-state index in [4.69, 9.17) is 4.74 Å². The topological polar surface area (TPSA) is 85.9 Å². The van der Waals surface area contributed by atoms with Crippen molar-refractivity contribution in [1.29, 1.82) is 0 Å². The van der Waals surface area contributed by atoms with E-state index >= 15 is 0 Å². The highest BCUT2D eigenvalue weighted by molar-refractivity contribution is 5.93. The van der Waals surface area contributed by atoms with E-state index in [1.54, 1.807) is 0 Å². The quantitative estimate of drug-likeness (QED) is 0.628. The Bertz CT molecular complexity index is 581. The van der Waals surface area contributed by atoms with Crippen LogP contribution in [0.3, 0.4) is 0 Å². The molecule has 7 heteroatoms. The Labute approximate surface area is 135 Å². The molecule has 1 fully saturated rings. The molecule has 1 aliphatic heterocycles. The number of ether oxygens (including phenoxy) is 1. The molecule has 2 N–H and O–H groups in total. The summed E-state index contributed by atoms with van der Waals surface area (Å²) in [5.74, 6) is 1.47. The molecule has 0 bridgehead atoms. The average Bonchev–Trinajstić information content (AvgIpc) is 2.45. The van der Waals surface area contributed by atoms with Crippen LogP contribution in [0.2, 0.25) is 0 Å². The van der Waals surface area contributed by atoms with Gasteiger partial charge in [-0.05, 0) is 12.5 Å². The summed E-state index contributed by atoms with van der Waals surface area (Å²) in [6.45, 7) is 6.72. The first-order valence-corrected chi connectivity index (χ1v) is 7.85. The number of rotatable bonds is 5. The van der Waals surface area contributed by atoms with Gasteiger partial charge in [-0.15, -0.1) is 0 Å². The highest BCUT2D eigenvalue weighted by Crippen LogP contribution is 2.28. The predicted molar refractivity (Wildman–Crippen MR) is 86.8 cm³/mol. The van der Waals surface area contributed by atoms with Gasteiger partial charge in [-0.3, -0.25) is 14.9 Å². The molecule has 0 aliphatic carbocycles. The van der Waals surface area contributed by atoms with Crippen molar-refractivity contribution in [3.63, 3.8) is 0 Å². The van der Waals surface area contributed by atoms with E-state index in [9.17, 15) is 14.9 Å². The van der Waals surface area contributed by atoms with Crippen molar-refractivity contribution in [3.8, 4) is 5.75 Å². The predicted octanol–water partition coefficient (Wildman–Crippen LogP) is 1.10. The Morgan fingerprint density at radius 2 is 2.04 bits per heavy atom. The standard InChI is InChI=1S/C16H23N3O4/c1-11-6-12(2)9-18(8-11)10-16(20)17-14-7-13(19(21)22)4-5-15(14)23-3/h4-5,7,11-12H,6,8-10H2,1-3H3,(H,17,20)/p+1/t11-,12+. The fourth-order valence-electron chi connectivity index (χ4n) is 3.40. The summed E-state index contributed by atoms with van der Waals surface area (Å²) in [6.07, 6.45) is 1.20. The molecule has 0 spiro atoms. The number of anilines is 1. The lowest BCUT2D eigenvalue weighted by Crippen LogP contribution is -3.15. The summed E-state index contributed by atoms with van der Waals surface area (Å²) in [5.41, 5.74) is 0.262. The fourth-order valence-corrected chi connectivity index (χ4v) is 3.40. The maximum absolute atomic E-state index is 12.3. The van der Waals surface area contributed by atoms with Crippen molar-refractivity contribution in [2.45, 2.75) is 20.3 Å². The molecule has 1 aromatic rings. The molecule has 1 aromatic carbocycles. The smallest absolute Gasteiger partial charge is 0.279 e. The van der Waals surface area contributed by atoms with Crippen molar-refractivity contribution in [3.05, 3.63) is 28.3 Å².